The average Bonchev–Trinajstić information content (AvgIpc) is 2.47. The van der Waals surface area contributed by atoms with E-state index in [1.807, 2.05) is 17.0 Å². The predicted molar refractivity (Wildman–Crippen MR) is 85.1 cm³/mol. The summed E-state index contributed by atoms with van der Waals surface area (Å²) in [5.41, 5.74) is 3.51. The van der Waals surface area contributed by atoms with Crippen LogP contribution in [0.5, 0.6) is 0 Å². The smallest absolute Gasteiger partial charge is 0.246 e. The Balaban J connectivity index is 1.91. The monoisotopic (exact) mass is 288 g/mol. The number of aliphatic hydroxyl groups is 1. The van der Waals surface area contributed by atoms with E-state index in [9.17, 15) is 4.79 Å². The van der Waals surface area contributed by atoms with Crippen LogP contribution in [0.1, 0.15) is 16.7 Å². The SMILES string of the molecule is Cc1ccc(/C=C/C(=O)N2CCN(CCO)CC2)c(C)c1. The van der Waals surface area contributed by atoms with E-state index in [0.29, 0.717) is 6.54 Å². The molecule has 0 aliphatic carbocycles. The largest absolute Gasteiger partial charge is 0.395 e. The second kappa shape index (κ2) is 7.38. The molecule has 1 N–H and O–H groups in total. The number of carbonyl (C=O) groups is 1. The molecule has 1 fully saturated rings. The normalized spacial score (nSPS) is 16.6. The molecule has 2 rings (SSSR count). The van der Waals surface area contributed by atoms with Crippen molar-refractivity contribution in [3.8, 4) is 0 Å². The molecule has 1 aliphatic heterocycles. The standard InChI is InChI=1S/C17H24N2O2/c1-14-3-4-16(15(2)13-14)5-6-17(21)19-9-7-18(8-10-19)11-12-20/h3-6,13,20H,7-12H2,1-2H3/b6-5+. The number of hydrogen-bond donors (Lipinski definition) is 1. The van der Waals surface area contributed by atoms with Crippen LogP contribution >= 0.6 is 0 Å². The fourth-order valence-electron chi connectivity index (χ4n) is 2.61. The van der Waals surface area contributed by atoms with E-state index in [1.54, 1.807) is 6.08 Å². The van der Waals surface area contributed by atoms with Gasteiger partial charge in [-0.05, 0) is 31.1 Å². The van der Waals surface area contributed by atoms with Crippen LogP contribution in [0.4, 0.5) is 0 Å². The minimum Gasteiger partial charge on any atom is -0.395 e. The first kappa shape index (κ1) is 15.7. The number of β-amino-alcohol motifs (C(OH)–C–C–N with tert-alkyl or cyclic N) is 1. The molecule has 1 aromatic carbocycles. The van der Waals surface area contributed by atoms with Crippen LogP contribution in [0, 0.1) is 13.8 Å². The maximum absolute atomic E-state index is 12.2. The van der Waals surface area contributed by atoms with Crippen LogP contribution in [-0.2, 0) is 4.79 Å². The highest BCUT2D eigenvalue weighted by Gasteiger charge is 2.18. The Hall–Kier alpha value is -1.65. The highest BCUT2D eigenvalue weighted by molar-refractivity contribution is 5.92. The molecular weight excluding hydrogens is 264 g/mol. The minimum absolute atomic E-state index is 0.0682. The van der Waals surface area contributed by atoms with Crippen molar-refractivity contribution in [2.75, 3.05) is 39.3 Å². The molecule has 0 radical (unpaired) electrons. The van der Waals surface area contributed by atoms with Gasteiger partial charge in [-0.3, -0.25) is 9.69 Å². The molecule has 0 unspecified atom stereocenters. The second-order valence-electron chi connectivity index (χ2n) is 5.58. The van der Waals surface area contributed by atoms with Gasteiger partial charge in [0.2, 0.25) is 5.91 Å². The Bertz CT molecular complexity index is 518. The highest BCUT2D eigenvalue weighted by atomic mass is 16.3. The topological polar surface area (TPSA) is 43.8 Å². The lowest BCUT2D eigenvalue weighted by Gasteiger charge is -2.33. The molecular formula is C17H24N2O2. The fourth-order valence-corrected chi connectivity index (χ4v) is 2.61. The molecule has 0 bridgehead atoms. The van der Waals surface area contributed by atoms with Gasteiger partial charge < -0.3 is 10.0 Å². The molecule has 0 saturated carbocycles. The maximum atomic E-state index is 12.2. The van der Waals surface area contributed by atoms with E-state index in [1.165, 1.54) is 11.1 Å². The van der Waals surface area contributed by atoms with Gasteiger partial charge in [0.05, 0.1) is 6.61 Å². The third kappa shape index (κ3) is 4.41. The zero-order valence-electron chi connectivity index (χ0n) is 12.9. The summed E-state index contributed by atoms with van der Waals surface area (Å²) in [5, 5.41) is 8.92. The van der Waals surface area contributed by atoms with E-state index in [2.05, 4.69) is 30.9 Å². The lowest BCUT2D eigenvalue weighted by Crippen LogP contribution is -2.48. The third-order valence-corrected chi connectivity index (χ3v) is 3.93. The molecule has 114 valence electrons. The number of piperazine rings is 1. The Morgan fingerprint density at radius 3 is 2.57 bits per heavy atom. The Morgan fingerprint density at radius 1 is 1.24 bits per heavy atom. The van der Waals surface area contributed by atoms with Crippen molar-refractivity contribution >= 4 is 12.0 Å². The Morgan fingerprint density at radius 2 is 1.95 bits per heavy atom. The van der Waals surface area contributed by atoms with Gasteiger partial charge in [-0.1, -0.05) is 23.8 Å². The highest BCUT2D eigenvalue weighted by Crippen LogP contribution is 2.12. The van der Waals surface area contributed by atoms with Crippen molar-refractivity contribution in [3.63, 3.8) is 0 Å². The van der Waals surface area contributed by atoms with E-state index in [-0.39, 0.29) is 12.5 Å². The van der Waals surface area contributed by atoms with Gasteiger partial charge >= 0.3 is 0 Å². The lowest BCUT2D eigenvalue weighted by molar-refractivity contribution is -0.127. The van der Waals surface area contributed by atoms with E-state index < -0.39 is 0 Å². The molecule has 1 aromatic rings. The van der Waals surface area contributed by atoms with Gasteiger partial charge in [-0.2, -0.15) is 0 Å². The first-order chi connectivity index (χ1) is 10.1. The zero-order valence-corrected chi connectivity index (χ0v) is 12.9. The van der Waals surface area contributed by atoms with Gasteiger partial charge in [-0.15, -0.1) is 0 Å². The first-order valence-electron chi connectivity index (χ1n) is 7.47. The molecule has 1 saturated heterocycles. The van der Waals surface area contributed by atoms with Gasteiger partial charge in [0.25, 0.3) is 0 Å². The molecule has 0 spiro atoms. The number of benzene rings is 1. The summed E-state index contributed by atoms with van der Waals surface area (Å²) < 4.78 is 0. The molecule has 1 amide bonds. The van der Waals surface area contributed by atoms with Crippen LogP contribution in [0.3, 0.4) is 0 Å². The van der Waals surface area contributed by atoms with Gasteiger partial charge in [0.1, 0.15) is 0 Å². The molecule has 21 heavy (non-hydrogen) atoms. The summed E-state index contributed by atoms with van der Waals surface area (Å²) in [6.45, 7) is 8.14. The number of aryl methyl sites for hydroxylation is 2. The Kier molecular flexibility index (Phi) is 5.53. The van der Waals surface area contributed by atoms with E-state index >= 15 is 0 Å². The molecule has 4 nitrogen and oxygen atoms in total. The fraction of sp³-hybridized carbons (Fsp3) is 0.471. The van der Waals surface area contributed by atoms with Crippen LogP contribution in [0.15, 0.2) is 24.3 Å². The van der Waals surface area contributed by atoms with Crippen LogP contribution in [-0.4, -0.2) is 60.1 Å². The molecule has 0 aromatic heterocycles. The predicted octanol–water partition coefficient (Wildman–Crippen LogP) is 1.45. The van der Waals surface area contributed by atoms with Crippen molar-refractivity contribution in [2.45, 2.75) is 13.8 Å². The number of carbonyl (C=O) groups excluding carboxylic acids is 1. The maximum Gasteiger partial charge on any atom is 0.246 e. The van der Waals surface area contributed by atoms with E-state index in [0.717, 1.165) is 31.7 Å². The minimum atomic E-state index is 0.0682. The number of nitrogens with zero attached hydrogens (tertiary/aromatic N) is 2. The summed E-state index contributed by atoms with van der Waals surface area (Å²) in [6, 6.07) is 6.23. The van der Waals surface area contributed by atoms with Gasteiger partial charge in [-0.25, -0.2) is 0 Å². The summed E-state index contributed by atoms with van der Waals surface area (Å²) in [7, 11) is 0. The third-order valence-electron chi connectivity index (χ3n) is 3.93. The van der Waals surface area contributed by atoms with Crippen molar-refractivity contribution in [1.82, 2.24) is 9.80 Å². The Labute approximate surface area is 126 Å². The summed E-state index contributed by atoms with van der Waals surface area (Å²) in [4.78, 5) is 16.2. The van der Waals surface area contributed by atoms with Crippen molar-refractivity contribution in [1.29, 1.82) is 0 Å². The number of rotatable bonds is 4. The van der Waals surface area contributed by atoms with Crippen molar-refractivity contribution < 1.29 is 9.90 Å². The van der Waals surface area contributed by atoms with Crippen LogP contribution < -0.4 is 0 Å². The molecule has 0 atom stereocenters. The van der Waals surface area contributed by atoms with Crippen LogP contribution in [0.2, 0.25) is 0 Å². The van der Waals surface area contributed by atoms with Gasteiger partial charge in [0.15, 0.2) is 0 Å². The molecule has 4 heteroatoms. The second-order valence-corrected chi connectivity index (χ2v) is 5.58. The number of amides is 1. The quantitative estimate of drug-likeness (QED) is 0.853. The molecule has 1 aliphatic rings. The number of hydrogen-bond acceptors (Lipinski definition) is 3. The molecule has 1 heterocycles. The van der Waals surface area contributed by atoms with Crippen LogP contribution in [0.25, 0.3) is 6.08 Å². The van der Waals surface area contributed by atoms with E-state index in [4.69, 9.17) is 5.11 Å². The summed E-state index contributed by atoms with van der Waals surface area (Å²) in [5.74, 6) is 0.0682. The van der Waals surface area contributed by atoms with Crippen molar-refractivity contribution in [3.05, 3.63) is 41.0 Å². The zero-order chi connectivity index (χ0) is 15.2. The summed E-state index contributed by atoms with van der Waals surface area (Å²) >= 11 is 0. The lowest BCUT2D eigenvalue weighted by atomic mass is 10.1. The first-order valence-corrected chi connectivity index (χ1v) is 7.47. The number of aliphatic hydroxyl groups excluding tert-OH is 1. The average molecular weight is 288 g/mol. The van der Waals surface area contributed by atoms with Crippen molar-refractivity contribution in [2.24, 2.45) is 0 Å². The van der Waals surface area contributed by atoms with Gasteiger partial charge in [0, 0.05) is 38.8 Å². The summed E-state index contributed by atoms with van der Waals surface area (Å²) in [6.07, 6.45) is 3.57.